The fourth-order valence-electron chi connectivity index (χ4n) is 3.91. The number of para-hydroxylation sites is 1. The number of nitrogens with two attached hydrogens (primary N) is 1. The van der Waals surface area contributed by atoms with Gasteiger partial charge in [0.1, 0.15) is 11.6 Å². The van der Waals surface area contributed by atoms with Crippen molar-refractivity contribution in [3.05, 3.63) is 48.4 Å². The number of nitrogens with zero attached hydrogens (tertiary/aromatic N) is 6. The molecule has 0 saturated carbocycles. The second-order valence-electron chi connectivity index (χ2n) is 8.10. The molecule has 5 N–H and O–H groups in total. The third-order valence-electron chi connectivity index (χ3n) is 5.66. The largest absolute Gasteiger partial charge is 0.507 e. The van der Waals surface area contributed by atoms with Gasteiger partial charge in [0.05, 0.1) is 17.9 Å². The molecule has 3 aromatic rings. The number of carbonyl (C=O) groups excluding carboxylic acids is 1. The van der Waals surface area contributed by atoms with Crippen molar-refractivity contribution in [3.8, 4) is 28.8 Å². The van der Waals surface area contributed by atoms with Crippen molar-refractivity contribution in [2.75, 3.05) is 54.8 Å². The highest BCUT2D eigenvalue weighted by molar-refractivity contribution is 5.74. The molecule has 186 valence electrons. The third kappa shape index (κ3) is 6.09. The van der Waals surface area contributed by atoms with Crippen molar-refractivity contribution in [3.63, 3.8) is 0 Å². The Labute approximate surface area is 209 Å². The van der Waals surface area contributed by atoms with Gasteiger partial charge in [0.2, 0.25) is 5.82 Å². The van der Waals surface area contributed by atoms with Crippen molar-refractivity contribution < 1.29 is 9.90 Å². The zero-order valence-corrected chi connectivity index (χ0v) is 20.1. The lowest BCUT2D eigenvalue weighted by Gasteiger charge is -2.25. The van der Waals surface area contributed by atoms with Crippen LogP contribution in [-0.4, -0.2) is 70.6 Å². The number of nitrogens with one attached hydrogen (secondary N) is 2. The van der Waals surface area contributed by atoms with Crippen LogP contribution in [0, 0.1) is 11.8 Å². The van der Waals surface area contributed by atoms with Gasteiger partial charge in [-0.25, -0.2) is 14.8 Å². The average Bonchev–Trinajstić information content (AvgIpc) is 3.14. The van der Waals surface area contributed by atoms with Crippen LogP contribution in [0.4, 0.5) is 22.1 Å². The van der Waals surface area contributed by atoms with E-state index in [1.807, 2.05) is 25.1 Å². The van der Waals surface area contributed by atoms with E-state index in [0.717, 1.165) is 37.6 Å². The summed E-state index contributed by atoms with van der Waals surface area (Å²) >= 11 is 0. The number of urea groups is 1. The Morgan fingerprint density at radius 2 is 1.92 bits per heavy atom. The van der Waals surface area contributed by atoms with Crippen LogP contribution < -0.4 is 26.2 Å². The number of aromatic hydroxyl groups is 1. The summed E-state index contributed by atoms with van der Waals surface area (Å²) in [5.74, 6) is 7.47. The van der Waals surface area contributed by atoms with Crippen LogP contribution in [0.3, 0.4) is 0 Å². The van der Waals surface area contributed by atoms with E-state index in [0.29, 0.717) is 36.0 Å². The van der Waals surface area contributed by atoms with E-state index in [2.05, 4.69) is 52.4 Å². The van der Waals surface area contributed by atoms with Gasteiger partial charge in [-0.2, -0.15) is 0 Å². The molecule has 11 nitrogen and oxygen atoms in total. The van der Waals surface area contributed by atoms with E-state index in [9.17, 15) is 9.90 Å². The molecule has 0 bridgehead atoms. The summed E-state index contributed by atoms with van der Waals surface area (Å²) in [6.45, 7) is 5.64. The van der Waals surface area contributed by atoms with Gasteiger partial charge in [-0.05, 0) is 43.5 Å². The van der Waals surface area contributed by atoms with Gasteiger partial charge in [-0.1, -0.05) is 18.1 Å². The quantitative estimate of drug-likeness (QED) is 0.394. The predicted molar refractivity (Wildman–Crippen MR) is 139 cm³/mol. The summed E-state index contributed by atoms with van der Waals surface area (Å²) in [7, 11) is 0. The molecular weight excluding hydrogens is 458 g/mol. The summed E-state index contributed by atoms with van der Waals surface area (Å²) < 4.78 is 0. The number of nitrogen functional groups attached to an aromatic ring is 1. The molecule has 1 saturated heterocycles. The van der Waals surface area contributed by atoms with Crippen LogP contribution in [0.1, 0.15) is 19.2 Å². The summed E-state index contributed by atoms with van der Waals surface area (Å²) in [4.78, 5) is 24.6. The topological polar surface area (TPSA) is 145 Å². The Kier molecular flexibility index (Phi) is 7.97. The molecule has 36 heavy (non-hydrogen) atoms. The minimum absolute atomic E-state index is 0.146. The Hall–Kier alpha value is -4.59. The summed E-state index contributed by atoms with van der Waals surface area (Å²) in [6, 6.07) is 10.5. The Morgan fingerprint density at radius 3 is 2.75 bits per heavy atom. The fraction of sp³-hybridized carbons (Fsp3) is 0.320. The number of amides is 2. The number of hydrogen-bond donors (Lipinski definition) is 4. The van der Waals surface area contributed by atoms with Crippen LogP contribution in [0.5, 0.6) is 5.75 Å². The third-order valence-corrected chi connectivity index (χ3v) is 5.66. The van der Waals surface area contributed by atoms with E-state index in [1.165, 1.54) is 0 Å². The average molecular weight is 488 g/mol. The Balaban J connectivity index is 1.43. The highest BCUT2D eigenvalue weighted by Gasteiger charge is 2.20. The number of anilines is 3. The van der Waals surface area contributed by atoms with Crippen LogP contribution in [0.25, 0.3) is 11.3 Å². The first-order valence-corrected chi connectivity index (χ1v) is 11.8. The molecule has 1 aliphatic heterocycles. The first-order valence-electron chi connectivity index (χ1n) is 11.8. The SMILES string of the molecule is CCNC(=O)NCC#Cc1nccc(N2CCCN(c3cc(-c4ccccc4O)nnc3N)CC2)n1. The van der Waals surface area contributed by atoms with Gasteiger partial charge in [0.15, 0.2) is 5.82 Å². The first-order chi connectivity index (χ1) is 17.5. The molecule has 1 fully saturated rings. The molecule has 0 aliphatic carbocycles. The number of phenols is 1. The second-order valence-corrected chi connectivity index (χ2v) is 8.10. The smallest absolute Gasteiger partial charge is 0.315 e. The second kappa shape index (κ2) is 11.7. The Bertz CT molecular complexity index is 1270. The van der Waals surface area contributed by atoms with Gasteiger partial charge in [0, 0.05) is 44.5 Å². The minimum Gasteiger partial charge on any atom is -0.507 e. The molecular formula is C25H29N9O2. The van der Waals surface area contributed by atoms with E-state index < -0.39 is 0 Å². The maximum atomic E-state index is 11.4. The minimum atomic E-state index is -0.256. The first kappa shape index (κ1) is 24.5. The van der Waals surface area contributed by atoms with E-state index in [4.69, 9.17) is 5.73 Å². The van der Waals surface area contributed by atoms with Crippen molar-refractivity contribution in [2.24, 2.45) is 0 Å². The maximum Gasteiger partial charge on any atom is 0.315 e. The molecule has 0 unspecified atom stereocenters. The summed E-state index contributed by atoms with van der Waals surface area (Å²) in [5, 5.41) is 23.8. The van der Waals surface area contributed by atoms with Crippen LogP contribution in [-0.2, 0) is 0 Å². The van der Waals surface area contributed by atoms with Crippen molar-refractivity contribution >= 4 is 23.4 Å². The lowest BCUT2D eigenvalue weighted by molar-refractivity contribution is 0.242. The number of carbonyl (C=O) groups is 1. The Morgan fingerprint density at radius 1 is 1.11 bits per heavy atom. The van der Waals surface area contributed by atoms with Gasteiger partial charge >= 0.3 is 6.03 Å². The number of benzene rings is 1. The van der Waals surface area contributed by atoms with Crippen molar-refractivity contribution in [1.82, 2.24) is 30.8 Å². The number of phenolic OH excluding ortho intramolecular Hbond substituents is 1. The molecule has 2 aromatic heterocycles. The molecule has 2 amide bonds. The van der Waals surface area contributed by atoms with E-state index in [1.54, 1.807) is 24.4 Å². The summed E-state index contributed by atoms with van der Waals surface area (Å²) in [5.41, 5.74) is 8.16. The van der Waals surface area contributed by atoms with Gasteiger partial charge in [-0.15, -0.1) is 10.2 Å². The molecule has 0 atom stereocenters. The van der Waals surface area contributed by atoms with Crippen molar-refractivity contribution in [1.29, 1.82) is 0 Å². The van der Waals surface area contributed by atoms with Crippen LogP contribution in [0.2, 0.25) is 0 Å². The zero-order chi connectivity index (χ0) is 25.3. The van der Waals surface area contributed by atoms with Crippen LogP contribution >= 0.6 is 0 Å². The van der Waals surface area contributed by atoms with Gasteiger partial charge in [-0.3, -0.25) is 0 Å². The lowest BCUT2D eigenvalue weighted by Crippen LogP contribution is -2.35. The van der Waals surface area contributed by atoms with E-state index >= 15 is 0 Å². The molecule has 1 aromatic carbocycles. The number of rotatable bonds is 5. The fourth-order valence-corrected chi connectivity index (χ4v) is 3.91. The summed E-state index contributed by atoms with van der Waals surface area (Å²) in [6.07, 6.45) is 2.57. The molecule has 0 radical (unpaired) electrons. The van der Waals surface area contributed by atoms with E-state index in [-0.39, 0.29) is 18.3 Å². The molecule has 4 rings (SSSR count). The number of hydrogen-bond acceptors (Lipinski definition) is 9. The van der Waals surface area contributed by atoms with Crippen molar-refractivity contribution in [2.45, 2.75) is 13.3 Å². The molecule has 0 spiro atoms. The predicted octanol–water partition coefficient (Wildman–Crippen LogP) is 1.61. The molecule has 3 heterocycles. The number of aromatic nitrogens is 4. The highest BCUT2D eigenvalue weighted by Crippen LogP contribution is 2.31. The zero-order valence-electron chi connectivity index (χ0n) is 20.1. The highest BCUT2D eigenvalue weighted by atomic mass is 16.3. The lowest BCUT2D eigenvalue weighted by atomic mass is 10.1. The van der Waals surface area contributed by atoms with Crippen LogP contribution in [0.15, 0.2) is 42.6 Å². The van der Waals surface area contributed by atoms with Gasteiger partial charge < -0.3 is 31.3 Å². The molecule has 11 heteroatoms. The van der Waals surface area contributed by atoms with Gasteiger partial charge in [0.25, 0.3) is 0 Å². The maximum absolute atomic E-state index is 11.4. The molecule has 1 aliphatic rings. The standard InChI is InChI=1S/C25H29N9O2/c1-2-27-25(36)29-11-5-9-22-28-12-10-23(30-22)34-14-6-13-33(15-16-34)20-17-19(31-32-24(20)26)18-7-3-4-8-21(18)35/h3-4,7-8,10,12,17,35H,2,6,11,13-16H2,1H3,(H2,26,32)(H2,27,29,36). The monoisotopic (exact) mass is 487 g/mol. The normalized spacial score (nSPS) is 13.4.